The highest BCUT2D eigenvalue weighted by Crippen LogP contribution is 2.35. The van der Waals surface area contributed by atoms with Crippen LogP contribution >= 0.6 is 11.6 Å². The van der Waals surface area contributed by atoms with Crippen molar-refractivity contribution >= 4 is 17.4 Å². The number of carbonyl (C=O) groups excluding carboxylic acids is 1. The van der Waals surface area contributed by atoms with E-state index in [1.807, 2.05) is 0 Å². The number of para-hydroxylation sites is 1. The van der Waals surface area contributed by atoms with Crippen LogP contribution in [-0.4, -0.2) is 29.6 Å². The number of carbonyl (C=O) groups is 1. The van der Waals surface area contributed by atoms with Gasteiger partial charge in [-0.05, 0) is 24.3 Å². The van der Waals surface area contributed by atoms with Crippen LogP contribution < -0.4 is 9.47 Å². The molecule has 0 aliphatic rings. The molecule has 6 nitrogen and oxygen atoms in total. The Morgan fingerprint density at radius 3 is 2.62 bits per heavy atom. The van der Waals surface area contributed by atoms with Gasteiger partial charge in [0.1, 0.15) is 5.82 Å². The molecule has 0 unspecified atom stereocenters. The van der Waals surface area contributed by atoms with Gasteiger partial charge in [-0.15, -0.1) is 0 Å². The molecule has 3 rings (SSSR count). The number of halogens is 5. The number of benzene rings is 2. The molecule has 1 aromatic heterocycles. The number of aromatic nitrogens is 2. The van der Waals surface area contributed by atoms with E-state index in [4.69, 9.17) is 21.1 Å². The predicted molar refractivity (Wildman–Crippen MR) is 92.5 cm³/mol. The molecule has 29 heavy (non-hydrogen) atoms. The second-order valence-corrected chi connectivity index (χ2v) is 6.01. The van der Waals surface area contributed by atoms with Crippen molar-refractivity contribution in [1.29, 1.82) is 0 Å². The molecule has 0 saturated heterocycles. The fourth-order valence-corrected chi connectivity index (χ4v) is 2.55. The molecule has 152 valence electrons. The molecule has 0 fully saturated rings. The quantitative estimate of drug-likeness (QED) is 0.412. The molecular formula is C18H11ClF4N2O4. The molecule has 11 heteroatoms. The number of rotatable bonds is 6. The molecule has 0 saturated carbocycles. The minimum atomic E-state index is -4.85. The Balaban J connectivity index is 1.76. The largest absolute Gasteiger partial charge is 0.493 e. The minimum Gasteiger partial charge on any atom is -0.493 e. The molecule has 0 atom stereocenters. The van der Waals surface area contributed by atoms with E-state index in [2.05, 4.69) is 14.7 Å². The van der Waals surface area contributed by atoms with Gasteiger partial charge in [0.25, 0.3) is 0 Å². The van der Waals surface area contributed by atoms with Gasteiger partial charge < -0.3 is 14.0 Å². The van der Waals surface area contributed by atoms with Gasteiger partial charge in [0.05, 0.1) is 17.7 Å². The molecular weight excluding hydrogens is 420 g/mol. The minimum absolute atomic E-state index is 0.0724. The van der Waals surface area contributed by atoms with Crippen molar-refractivity contribution in [1.82, 2.24) is 10.1 Å². The van der Waals surface area contributed by atoms with Crippen molar-refractivity contribution in [3.63, 3.8) is 0 Å². The van der Waals surface area contributed by atoms with Crippen LogP contribution in [0.5, 0.6) is 11.5 Å². The highest BCUT2D eigenvalue weighted by Gasteiger charge is 2.38. The molecule has 0 N–H and O–H groups in total. The summed E-state index contributed by atoms with van der Waals surface area (Å²) in [6.07, 6.45) is -4.85. The maximum atomic E-state index is 14.3. The Hall–Kier alpha value is -3.14. The zero-order valence-corrected chi connectivity index (χ0v) is 15.3. The second-order valence-electron chi connectivity index (χ2n) is 5.60. The summed E-state index contributed by atoms with van der Waals surface area (Å²) in [5.74, 6) is -3.33. The van der Waals surface area contributed by atoms with Crippen molar-refractivity contribution in [2.75, 3.05) is 13.7 Å². The summed E-state index contributed by atoms with van der Waals surface area (Å²) in [5.41, 5.74) is -0.425. The molecule has 0 aliphatic heterocycles. The van der Waals surface area contributed by atoms with Crippen LogP contribution in [0.25, 0.3) is 11.4 Å². The van der Waals surface area contributed by atoms with Crippen LogP contribution in [0.2, 0.25) is 5.02 Å². The summed E-state index contributed by atoms with van der Waals surface area (Å²) in [6, 6.07) is 7.88. The fraction of sp³-hybridized carbons (Fsp3) is 0.167. The zero-order valence-electron chi connectivity index (χ0n) is 14.6. The van der Waals surface area contributed by atoms with E-state index < -0.39 is 36.1 Å². The maximum Gasteiger partial charge on any atom is 0.471 e. The highest BCUT2D eigenvalue weighted by molar-refractivity contribution is 6.32. The summed E-state index contributed by atoms with van der Waals surface area (Å²) in [7, 11) is 1.40. The normalized spacial score (nSPS) is 11.4. The number of methoxy groups -OCH3 is 1. The Morgan fingerprint density at radius 1 is 1.24 bits per heavy atom. The first-order valence-electron chi connectivity index (χ1n) is 7.90. The number of ketones is 1. The fourth-order valence-electron chi connectivity index (χ4n) is 2.33. The van der Waals surface area contributed by atoms with E-state index >= 15 is 0 Å². The number of ether oxygens (including phenoxy) is 2. The summed E-state index contributed by atoms with van der Waals surface area (Å²) in [4.78, 5) is 15.4. The van der Waals surface area contributed by atoms with E-state index in [1.54, 1.807) is 18.2 Å². The predicted octanol–water partition coefficient (Wildman–Crippen LogP) is 4.82. The first kappa shape index (κ1) is 20.6. The van der Waals surface area contributed by atoms with Gasteiger partial charge in [-0.3, -0.25) is 4.79 Å². The summed E-state index contributed by atoms with van der Waals surface area (Å²) >= 11 is 6.01. The van der Waals surface area contributed by atoms with Crippen molar-refractivity contribution in [2.24, 2.45) is 0 Å². The monoisotopic (exact) mass is 430 g/mol. The van der Waals surface area contributed by atoms with Crippen LogP contribution in [0.3, 0.4) is 0 Å². The average Bonchev–Trinajstić information content (AvgIpc) is 3.16. The molecule has 1 heterocycles. The third kappa shape index (κ3) is 4.48. The number of hydrogen-bond donors (Lipinski definition) is 0. The van der Waals surface area contributed by atoms with Gasteiger partial charge >= 0.3 is 12.1 Å². The van der Waals surface area contributed by atoms with Crippen molar-refractivity contribution in [2.45, 2.75) is 6.18 Å². The van der Waals surface area contributed by atoms with Crippen LogP contribution in [0.15, 0.2) is 40.9 Å². The topological polar surface area (TPSA) is 74.5 Å². The SMILES string of the molecule is COc1cccc(Cl)c1OCC(=O)c1ccc(-c2noc(C(F)(F)F)n2)c(F)c1. The lowest BCUT2D eigenvalue weighted by Crippen LogP contribution is -2.12. The number of hydrogen-bond acceptors (Lipinski definition) is 6. The van der Waals surface area contributed by atoms with Gasteiger partial charge in [0, 0.05) is 5.56 Å². The first-order chi connectivity index (χ1) is 13.7. The van der Waals surface area contributed by atoms with E-state index in [-0.39, 0.29) is 21.9 Å². The van der Waals surface area contributed by atoms with Crippen LogP contribution in [-0.2, 0) is 6.18 Å². The van der Waals surface area contributed by atoms with Gasteiger partial charge in [0.2, 0.25) is 5.82 Å². The number of alkyl halides is 3. The average molecular weight is 431 g/mol. The molecule has 0 aliphatic carbocycles. The Labute approximate surface area is 166 Å². The van der Waals surface area contributed by atoms with Crippen molar-refractivity contribution in [3.05, 3.63) is 58.7 Å². The molecule has 0 bridgehead atoms. The van der Waals surface area contributed by atoms with E-state index in [1.165, 1.54) is 13.2 Å². The molecule has 2 aromatic carbocycles. The third-order valence-corrected chi connectivity index (χ3v) is 4.00. The van der Waals surface area contributed by atoms with E-state index in [9.17, 15) is 22.4 Å². The Morgan fingerprint density at radius 2 is 2.00 bits per heavy atom. The lowest BCUT2D eigenvalue weighted by atomic mass is 10.1. The lowest BCUT2D eigenvalue weighted by Gasteiger charge is -2.11. The van der Waals surface area contributed by atoms with E-state index in [0.717, 1.165) is 12.1 Å². The summed E-state index contributed by atoms with van der Waals surface area (Å²) in [5, 5.41) is 3.33. The number of nitrogens with zero attached hydrogens (tertiary/aromatic N) is 2. The molecule has 3 aromatic rings. The van der Waals surface area contributed by atoms with E-state index in [0.29, 0.717) is 5.75 Å². The van der Waals surface area contributed by atoms with Gasteiger partial charge in [0.15, 0.2) is 23.9 Å². The molecule has 0 spiro atoms. The van der Waals surface area contributed by atoms with Gasteiger partial charge in [-0.1, -0.05) is 28.9 Å². The van der Waals surface area contributed by atoms with Gasteiger partial charge in [-0.2, -0.15) is 18.2 Å². The van der Waals surface area contributed by atoms with Crippen LogP contribution in [0.1, 0.15) is 16.2 Å². The second kappa shape index (κ2) is 8.08. The molecule has 0 amide bonds. The lowest BCUT2D eigenvalue weighted by molar-refractivity contribution is -0.159. The first-order valence-corrected chi connectivity index (χ1v) is 8.28. The maximum absolute atomic E-state index is 14.3. The standard InChI is InChI=1S/C18H11ClF4N2O4/c1-27-14-4-2-3-11(19)15(14)28-8-13(26)9-5-6-10(12(20)7-9)16-24-17(29-25-16)18(21,22)23/h2-7H,8H2,1H3. The Kier molecular flexibility index (Phi) is 5.73. The molecule has 0 radical (unpaired) electrons. The highest BCUT2D eigenvalue weighted by atomic mass is 35.5. The summed E-state index contributed by atoms with van der Waals surface area (Å²) < 4.78 is 66.4. The smallest absolute Gasteiger partial charge is 0.471 e. The van der Waals surface area contributed by atoms with Crippen LogP contribution in [0, 0.1) is 5.82 Å². The number of Topliss-reactive ketones (excluding diaryl/α,β-unsaturated/α-hetero) is 1. The summed E-state index contributed by atoms with van der Waals surface area (Å²) in [6.45, 7) is -0.473. The van der Waals surface area contributed by atoms with Gasteiger partial charge in [-0.25, -0.2) is 4.39 Å². The third-order valence-electron chi connectivity index (χ3n) is 3.70. The van der Waals surface area contributed by atoms with Crippen LogP contribution in [0.4, 0.5) is 17.6 Å². The van der Waals surface area contributed by atoms with Crippen molar-refractivity contribution in [3.8, 4) is 22.9 Å². The Bertz CT molecular complexity index is 1050. The zero-order chi connectivity index (χ0) is 21.2. The van der Waals surface area contributed by atoms with Crippen molar-refractivity contribution < 1.29 is 36.4 Å².